The lowest BCUT2D eigenvalue weighted by atomic mass is 10.00. The van der Waals surface area contributed by atoms with E-state index in [9.17, 15) is 0 Å². The van der Waals surface area contributed by atoms with Gasteiger partial charge in [-0.3, -0.25) is 0 Å². The van der Waals surface area contributed by atoms with Crippen molar-refractivity contribution in [1.82, 2.24) is 0 Å². The van der Waals surface area contributed by atoms with E-state index in [1.807, 2.05) is 0 Å². The predicted octanol–water partition coefficient (Wildman–Crippen LogP) is 2.97. The molecule has 0 amide bonds. The number of benzene rings is 1. The number of halogens is 1. The summed E-state index contributed by atoms with van der Waals surface area (Å²) in [5.41, 5.74) is 5.68. The minimum absolute atomic E-state index is 0.362. The highest BCUT2D eigenvalue weighted by molar-refractivity contribution is 6.93. The summed E-state index contributed by atoms with van der Waals surface area (Å²) >= 11 is -0.362. The van der Waals surface area contributed by atoms with Crippen LogP contribution in [0, 0.1) is 20.8 Å². The van der Waals surface area contributed by atoms with Crippen LogP contribution in [0.25, 0.3) is 0 Å². The second-order valence-corrected chi connectivity index (χ2v) is 5.24. The monoisotopic (exact) mass is 192 g/mol. The molecular weight excluding hydrogens is 180 g/mol. The standard InChI is InChI=1S/C10H13.ClH.Mg/c1-7-5-6-8(2)10(4)9(7)3;;/h5-6H,1H2,2-4H3;1H;/q;;+1/p-1. The molecular formula is C10H13ClMg. The molecule has 0 spiro atoms. The van der Waals surface area contributed by atoms with Gasteiger partial charge >= 0.3 is 19.3 Å². The maximum atomic E-state index is 5.84. The Morgan fingerprint density at radius 1 is 1.17 bits per heavy atom. The van der Waals surface area contributed by atoms with Crippen LogP contribution in [0.3, 0.4) is 0 Å². The second-order valence-electron chi connectivity index (χ2n) is 3.23. The van der Waals surface area contributed by atoms with Crippen molar-refractivity contribution in [3.05, 3.63) is 34.4 Å². The quantitative estimate of drug-likeness (QED) is 0.633. The van der Waals surface area contributed by atoms with Crippen molar-refractivity contribution in [3.63, 3.8) is 0 Å². The highest BCUT2D eigenvalue weighted by atomic mass is 35.5. The molecule has 0 aliphatic rings. The summed E-state index contributed by atoms with van der Waals surface area (Å²) in [5.74, 6) is 0. The molecule has 0 fully saturated rings. The van der Waals surface area contributed by atoms with E-state index in [-0.39, 0.29) is 19.3 Å². The molecule has 0 heterocycles. The summed E-state index contributed by atoms with van der Waals surface area (Å²) in [6, 6.07) is 4.41. The van der Waals surface area contributed by atoms with Gasteiger partial charge in [-0.2, -0.15) is 0 Å². The van der Waals surface area contributed by atoms with Crippen molar-refractivity contribution in [2.24, 2.45) is 0 Å². The Morgan fingerprint density at radius 2 is 1.83 bits per heavy atom. The van der Waals surface area contributed by atoms with Crippen LogP contribution in [0.4, 0.5) is 0 Å². The third kappa shape index (κ3) is 2.15. The third-order valence-electron chi connectivity index (χ3n) is 2.53. The van der Waals surface area contributed by atoms with Gasteiger partial charge in [0.05, 0.1) is 0 Å². The maximum Gasteiger partial charge on any atom is 0.505 e. The summed E-state index contributed by atoms with van der Waals surface area (Å²) in [6.07, 6.45) is 0. The molecule has 0 unspecified atom stereocenters. The highest BCUT2D eigenvalue weighted by Gasteiger charge is 2.03. The number of rotatable bonds is 2. The first kappa shape index (κ1) is 10.4. The lowest BCUT2D eigenvalue weighted by Gasteiger charge is -2.09. The van der Waals surface area contributed by atoms with Gasteiger partial charge in [0.15, 0.2) is 0 Å². The zero-order chi connectivity index (χ0) is 9.14. The summed E-state index contributed by atoms with van der Waals surface area (Å²) < 4.78 is 1.12. The maximum absolute atomic E-state index is 5.84. The predicted molar refractivity (Wildman–Crippen MR) is 56.0 cm³/mol. The first-order chi connectivity index (χ1) is 5.66. The van der Waals surface area contributed by atoms with Crippen LogP contribution in [-0.4, -0.2) is 19.3 Å². The van der Waals surface area contributed by atoms with Crippen molar-refractivity contribution in [2.45, 2.75) is 25.3 Å². The second kappa shape index (κ2) is 4.49. The molecule has 12 heavy (non-hydrogen) atoms. The van der Waals surface area contributed by atoms with E-state index < -0.39 is 0 Å². The van der Waals surface area contributed by atoms with Crippen molar-refractivity contribution < 1.29 is 0 Å². The molecule has 0 nitrogen and oxygen atoms in total. The van der Waals surface area contributed by atoms with Gasteiger partial charge in [0.1, 0.15) is 0 Å². The highest BCUT2D eigenvalue weighted by Crippen LogP contribution is 2.17. The van der Waals surface area contributed by atoms with E-state index in [1.54, 1.807) is 0 Å². The fourth-order valence-electron chi connectivity index (χ4n) is 1.38. The van der Waals surface area contributed by atoms with Crippen LogP contribution >= 0.6 is 9.07 Å². The van der Waals surface area contributed by atoms with Crippen LogP contribution < -0.4 is 0 Å². The molecule has 0 radical (unpaired) electrons. The lowest BCUT2D eigenvalue weighted by Crippen LogP contribution is -1.96. The van der Waals surface area contributed by atoms with Gasteiger partial charge in [0, 0.05) is 0 Å². The smallest absolute Gasteiger partial charge is 0.345 e. The average molecular weight is 193 g/mol. The normalized spacial score (nSPS) is 9.67. The SMILES string of the molecule is Cc1ccc([CH2][Mg][Cl])c(C)c1C. The number of hydrogen-bond acceptors (Lipinski definition) is 0. The molecule has 0 aromatic heterocycles. The molecule has 0 aliphatic heterocycles. The topological polar surface area (TPSA) is 0 Å². The Balaban J connectivity index is 3.08. The van der Waals surface area contributed by atoms with Gasteiger partial charge in [0.25, 0.3) is 0 Å². The number of aryl methyl sites for hydroxylation is 1. The zero-order valence-corrected chi connectivity index (χ0v) is 10.1. The van der Waals surface area contributed by atoms with Crippen molar-refractivity contribution in [1.29, 1.82) is 0 Å². The Kier molecular flexibility index (Phi) is 3.88. The van der Waals surface area contributed by atoms with Crippen LogP contribution in [0.1, 0.15) is 22.3 Å². The summed E-state index contributed by atoms with van der Waals surface area (Å²) in [5, 5.41) is 0. The zero-order valence-electron chi connectivity index (χ0n) is 7.95. The summed E-state index contributed by atoms with van der Waals surface area (Å²) in [4.78, 5) is 0. The van der Waals surface area contributed by atoms with E-state index in [2.05, 4.69) is 32.9 Å². The molecule has 0 saturated heterocycles. The van der Waals surface area contributed by atoms with Crippen molar-refractivity contribution >= 4 is 28.3 Å². The average Bonchev–Trinajstić information content (AvgIpc) is 2.07. The van der Waals surface area contributed by atoms with E-state index in [0.29, 0.717) is 0 Å². The van der Waals surface area contributed by atoms with Crippen LogP contribution in [0.15, 0.2) is 12.1 Å². The van der Waals surface area contributed by atoms with E-state index >= 15 is 0 Å². The van der Waals surface area contributed by atoms with Crippen LogP contribution in [0.5, 0.6) is 0 Å². The van der Waals surface area contributed by atoms with Crippen LogP contribution in [-0.2, 0) is 4.55 Å². The van der Waals surface area contributed by atoms with E-state index in [4.69, 9.17) is 9.07 Å². The van der Waals surface area contributed by atoms with Crippen LogP contribution in [0.2, 0.25) is 0 Å². The summed E-state index contributed by atoms with van der Waals surface area (Å²) in [7, 11) is 5.84. The molecule has 0 saturated carbocycles. The molecule has 1 rings (SSSR count). The first-order valence-electron chi connectivity index (χ1n) is 4.28. The van der Waals surface area contributed by atoms with Gasteiger partial charge in [-0.1, -0.05) is 22.2 Å². The molecule has 2 heteroatoms. The minimum atomic E-state index is -0.362. The third-order valence-corrected chi connectivity index (χ3v) is 3.83. The van der Waals surface area contributed by atoms with Gasteiger partial charge in [-0.05, 0) is 37.5 Å². The first-order valence-corrected chi connectivity index (χ1v) is 7.42. The lowest BCUT2D eigenvalue weighted by molar-refractivity contribution is 1.20. The fraction of sp³-hybridized carbons (Fsp3) is 0.400. The Hall–Kier alpha value is 0.276. The Bertz CT molecular complexity index is 281. The summed E-state index contributed by atoms with van der Waals surface area (Å²) in [6.45, 7) is 6.53. The van der Waals surface area contributed by atoms with Gasteiger partial charge < -0.3 is 9.07 Å². The fourth-order valence-corrected chi connectivity index (χ4v) is 2.74. The molecule has 0 atom stereocenters. The number of hydrogen-bond donors (Lipinski definition) is 0. The molecule has 1 aromatic rings. The van der Waals surface area contributed by atoms with Gasteiger partial charge in [0.2, 0.25) is 0 Å². The molecule has 0 bridgehead atoms. The molecule has 0 N–H and O–H groups in total. The Labute approximate surface area is 87.8 Å². The largest absolute Gasteiger partial charge is 0.505 e. The molecule has 0 aliphatic carbocycles. The minimum Gasteiger partial charge on any atom is -0.345 e. The van der Waals surface area contributed by atoms with E-state index in [0.717, 1.165) is 4.55 Å². The Morgan fingerprint density at radius 3 is 2.42 bits per heavy atom. The molecule has 62 valence electrons. The van der Waals surface area contributed by atoms with Crippen molar-refractivity contribution in [3.8, 4) is 0 Å². The van der Waals surface area contributed by atoms with E-state index in [1.165, 1.54) is 22.3 Å². The van der Waals surface area contributed by atoms with Crippen molar-refractivity contribution in [2.75, 3.05) is 0 Å². The van der Waals surface area contributed by atoms with Gasteiger partial charge in [-0.25, -0.2) is 0 Å². The molecule has 1 aromatic carbocycles. The van der Waals surface area contributed by atoms with Gasteiger partial charge in [-0.15, -0.1) is 0 Å².